The first-order valence-electron chi connectivity index (χ1n) is 7.86. The minimum Gasteiger partial charge on any atom is -0.351 e. The molecule has 2 aromatic carbocycles. The maximum absolute atomic E-state index is 14.3. The molecule has 0 aromatic heterocycles. The van der Waals surface area contributed by atoms with E-state index in [0.29, 0.717) is 27.6 Å². The number of anilines is 1. The molecule has 1 heterocycles. The lowest BCUT2D eigenvalue weighted by Crippen LogP contribution is -2.46. The Morgan fingerprint density at radius 1 is 1.12 bits per heavy atom. The van der Waals surface area contributed by atoms with E-state index in [-0.39, 0.29) is 5.91 Å². The van der Waals surface area contributed by atoms with Crippen molar-refractivity contribution < 1.29 is 9.18 Å². The number of halogens is 1. The van der Waals surface area contributed by atoms with Gasteiger partial charge in [0.1, 0.15) is 5.82 Å². The van der Waals surface area contributed by atoms with Gasteiger partial charge in [0, 0.05) is 16.9 Å². The van der Waals surface area contributed by atoms with E-state index < -0.39 is 11.9 Å². The third-order valence-electron chi connectivity index (χ3n) is 4.04. The average Bonchev–Trinajstić information content (AvgIpc) is 2.56. The number of benzene rings is 2. The molecule has 0 bridgehead atoms. The predicted octanol–water partition coefficient (Wildman–Crippen LogP) is 3.57. The van der Waals surface area contributed by atoms with Gasteiger partial charge in [-0.1, -0.05) is 35.9 Å². The molecule has 1 amide bonds. The second kappa shape index (κ2) is 7.03. The van der Waals surface area contributed by atoms with E-state index >= 15 is 0 Å². The lowest BCUT2D eigenvalue weighted by molar-refractivity contribution is -0.113. The first-order valence-corrected chi connectivity index (χ1v) is 8.27. The van der Waals surface area contributed by atoms with Crippen LogP contribution in [0.15, 0.2) is 59.8 Å². The Morgan fingerprint density at radius 3 is 2.48 bits per heavy atom. The van der Waals surface area contributed by atoms with Gasteiger partial charge in [0.15, 0.2) is 5.11 Å². The zero-order valence-corrected chi connectivity index (χ0v) is 14.7. The van der Waals surface area contributed by atoms with Crippen molar-refractivity contribution in [1.82, 2.24) is 10.6 Å². The van der Waals surface area contributed by atoms with Crippen LogP contribution in [0.2, 0.25) is 0 Å². The quantitative estimate of drug-likeness (QED) is 0.737. The summed E-state index contributed by atoms with van der Waals surface area (Å²) in [6.45, 7) is 3.73. The Kier molecular flexibility index (Phi) is 4.81. The van der Waals surface area contributed by atoms with Crippen LogP contribution in [-0.4, -0.2) is 11.0 Å². The summed E-state index contributed by atoms with van der Waals surface area (Å²) in [7, 11) is 0. The number of carbonyl (C=O) groups excluding carboxylic acids is 1. The van der Waals surface area contributed by atoms with Gasteiger partial charge in [0.25, 0.3) is 5.91 Å². The summed E-state index contributed by atoms with van der Waals surface area (Å²) in [4.78, 5) is 12.8. The number of rotatable bonds is 3. The fraction of sp³-hybridized carbons (Fsp3) is 0.158. The van der Waals surface area contributed by atoms with Crippen LogP contribution < -0.4 is 16.0 Å². The first-order chi connectivity index (χ1) is 12.0. The van der Waals surface area contributed by atoms with Crippen molar-refractivity contribution in [1.29, 1.82) is 0 Å². The summed E-state index contributed by atoms with van der Waals surface area (Å²) in [5.74, 6) is -0.699. The standard InChI is InChI=1S/C19H18FN3OS/c1-11-7-9-13(10-8-11)22-18(24)16-12(2)21-19(25)23-17(16)14-5-3-4-6-15(14)20/h3-10,17H,1-2H3,(H,22,24)(H2,21,23,25)/t17-/m1/s1. The number of nitrogens with one attached hydrogen (secondary N) is 3. The van der Waals surface area contributed by atoms with Gasteiger partial charge in [0.2, 0.25) is 0 Å². The van der Waals surface area contributed by atoms with Crippen LogP contribution in [0.5, 0.6) is 0 Å². The molecule has 0 saturated heterocycles. The zero-order valence-electron chi connectivity index (χ0n) is 13.9. The molecule has 1 atom stereocenters. The van der Waals surface area contributed by atoms with Crippen LogP contribution in [0.3, 0.4) is 0 Å². The summed E-state index contributed by atoms with van der Waals surface area (Å²) in [5, 5.41) is 9.15. The summed E-state index contributed by atoms with van der Waals surface area (Å²) in [5.41, 5.74) is 3.15. The van der Waals surface area contributed by atoms with Gasteiger partial charge in [-0.15, -0.1) is 0 Å². The second-order valence-corrected chi connectivity index (χ2v) is 6.32. The van der Waals surface area contributed by atoms with Gasteiger partial charge in [-0.3, -0.25) is 4.79 Å². The molecule has 3 N–H and O–H groups in total. The molecule has 4 nitrogen and oxygen atoms in total. The summed E-state index contributed by atoms with van der Waals surface area (Å²) < 4.78 is 14.3. The molecule has 0 aliphatic carbocycles. The Bertz CT molecular complexity index is 861. The van der Waals surface area contributed by atoms with Crippen LogP contribution in [0.1, 0.15) is 24.1 Å². The van der Waals surface area contributed by atoms with Crippen LogP contribution >= 0.6 is 12.2 Å². The third kappa shape index (κ3) is 3.69. The molecule has 1 aliphatic rings. The Hall–Kier alpha value is -2.73. The van der Waals surface area contributed by atoms with Crippen molar-refractivity contribution in [2.45, 2.75) is 19.9 Å². The lowest BCUT2D eigenvalue weighted by atomic mass is 9.94. The molecule has 0 unspecified atom stereocenters. The van der Waals surface area contributed by atoms with Gasteiger partial charge in [-0.25, -0.2) is 4.39 Å². The van der Waals surface area contributed by atoms with Gasteiger partial charge in [-0.2, -0.15) is 0 Å². The number of aryl methyl sites for hydroxylation is 1. The molecule has 128 valence electrons. The van der Waals surface area contributed by atoms with Gasteiger partial charge in [0.05, 0.1) is 11.6 Å². The minimum absolute atomic E-state index is 0.308. The van der Waals surface area contributed by atoms with Crippen molar-refractivity contribution in [3.8, 4) is 0 Å². The molecule has 6 heteroatoms. The zero-order chi connectivity index (χ0) is 18.0. The van der Waals surface area contributed by atoms with E-state index in [1.165, 1.54) is 6.07 Å². The van der Waals surface area contributed by atoms with Crippen molar-refractivity contribution in [3.05, 3.63) is 76.7 Å². The number of hydrogen-bond acceptors (Lipinski definition) is 2. The normalized spacial score (nSPS) is 16.9. The molecule has 0 saturated carbocycles. The maximum atomic E-state index is 14.3. The molecular weight excluding hydrogens is 337 g/mol. The summed E-state index contributed by atoms with van der Waals surface area (Å²) >= 11 is 5.18. The van der Waals surface area contributed by atoms with E-state index in [2.05, 4.69) is 16.0 Å². The molecule has 0 radical (unpaired) electrons. The van der Waals surface area contributed by atoms with Gasteiger partial charge >= 0.3 is 0 Å². The highest BCUT2D eigenvalue weighted by Gasteiger charge is 2.31. The Morgan fingerprint density at radius 2 is 1.80 bits per heavy atom. The SMILES string of the molecule is CC1=C(C(=O)Nc2ccc(C)cc2)[C@@H](c2ccccc2F)NC(=S)N1. The van der Waals surface area contributed by atoms with E-state index in [9.17, 15) is 9.18 Å². The van der Waals surface area contributed by atoms with Gasteiger partial charge in [-0.05, 0) is 44.3 Å². The second-order valence-electron chi connectivity index (χ2n) is 5.91. The van der Waals surface area contributed by atoms with Crippen LogP contribution in [0, 0.1) is 12.7 Å². The highest BCUT2D eigenvalue weighted by atomic mass is 32.1. The fourth-order valence-corrected chi connectivity index (χ4v) is 3.04. The fourth-order valence-electron chi connectivity index (χ4n) is 2.77. The first kappa shape index (κ1) is 17.1. The van der Waals surface area contributed by atoms with Crippen molar-refractivity contribution in [2.75, 3.05) is 5.32 Å². The van der Waals surface area contributed by atoms with Crippen LogP contribution in [0.4, 0.5) is 10.1 Å². The summed E-state index contributed by atoms with van der Waals surface area (Å²) in [6.07, 6.45) is 0. The Balaban J connectivity index is 1.96. The molecule has 25 heavy (non-hydrogen) atoms. The molecule has 0 spiro atoms. The van der Waals surface area contributed by atoms with Crippen molar-refractivity contribution in [2.24, 2.45) is 0 Å². The van der Waals surface area contributed by atoms with Crippen LogP contribution in [0.25, 0.3) is 0 Å². The summed E-state index contributed by atoms with van der Waals surface area (Å²) in [6, 6.07) is 13.2. The third-order valence-corrected chi connectivity index (χ3v) is 4.26. The smallest absolute Gasteiger partial charge is 0.255 e. The predicted molar refractivity (Wildman–Crippen MR) is 101 cm³/mol. The molecule has 1 aliphatic heterocycles. The number of thiocarbonyl (C=S) groups is 1. The van der Waals surface area contributed by atoms with E-state index in [0.717, 1.165) is 5.56 Å². The monoisotopic (exact) mass is 355 g/mol. The number of carbonyl (C=O) groups is 1. The minimum atomic E-state index is -0.652. The topological polar surface area (TPSA) is 53.2 Å². The number of allylic oxidation sites excluding steroid dienone is 1. The molecule has 3 rings (SSSR count). The average molecular weight is 355 g/mol. The van der Waals surface area contributed by atoms with Crippen molar-refractivity contribution in [3.63, 3.8) is 0 Å². The van der Waals surface area contributed by atoms with E-state index in [1.54, 1.807) is 25.1 Å². The van der Waals surface area contributed by atoms with E-state index in [4.69, 9.17) is 12.2 Å². The largest absolute Gasteiger partial charge is 0.351 e. The Labute approximate surface area is 151 Å². The van der Waals surface area contributed by atoms with E-state index in [1.807, 2.05) is 31.2 Å². The van der Waals surface area contributed by atoms with Crippen molar-refractivity contribution >= 4 is 28.9 Å². The molecule has 2 aromatic rings. The molecule has 0 fully saturated rings. The maximum Gasteiger partial charge on any atom is 0.255 e. The number of hydrogen-bond donors (Lipinski definition) is 3. The highest BCUT2D eigenvalue weighted by molar-refractivity contribution is 7.80. The molecular formula is C19H18FN3OS. The van der Waals surface area contributed by atoms with Crippen LogP contribution in [-0.2, 0) is 4.79 Å². The lowest BCUT2D eigenvalue weighted by Gasteiger charge is -2.30. The highest BCUT2D eigenvalue weighted by Crippen LogP contribution is 2.29. The van der Waals surface area contributed by atoms with Gasteiger partial charge < -0.3 is 16.0 Å². The number of amides is 1.